The number of sulfonamides is 1. The van der Waals surface area contributed by atoms with Crippen LogP contribution in [0.3, 0.4) is 0 Å². The van der Waals surface area contributed by atoms with E-state index in [0.29, 0.717) is 6.04 Å². The number of hydrogen-bond donors (Lipinski definition) is 0. The number of aryl methyl sites for hydroxylation is 1. The van der Waals surface area contributed by atoms with Crippen LogP contribution in [0, 0.1) is 0 Å². The van der Waals surface area contributed by atoms with Gasteiger partial charge in [0.25, 0.3) is 10.0 Å². The maximum Gasteiger partial charge on any atom is 0.261 e. The molecule has 0 saturated carbocycles. The standard InChI is InChI=1S/C13H23N3O2S/c1-5-10-8-7-9-11-13(19(17,18)15(3)4)14-12(6-2)16(10)11/h10H,5-9H2,1-4H3. The molecule has 6 heteroatoms. The molecule has 0 bridgehead atoms. The molecule has 1 aromatic heterocycles. The Labute approximate surface area is 115 Å². The van der Waals surface area contributed by atoms with Gasteiger partial charge in [0.1, 0.15) is 5.82 Å². The van der Waals surface area contributed by atoms with Crippen LogP contribution >= 0.6 is 0 Å². The summed E-state index contributed by atoms with van der Waals surface area (Å²) in [6, 6.07) is 0.400. The number of nitrogens with zero attached hydrogens (tertiary/aromatic N) is 3. The van der Waals surface area contributed by atoms with Crippen molar-refractivity contribution in [3.05, 3.63) is 11.5 Å². The third-order valence-corrected chi connectivity index (χ3v) is 5.65. The Kier molecular flexibility index (Phi) is 4.01. The van der Waals surface area contributed by atoms with E-state index in [-0.39, 0.29) is 5.03 Å². The van der Waals surface area contributed by atoms with Gasteiger partial charge in [0.05, 0.1) is 5.69 Å². The molecule has 0 aromatic carbocycles. The molecule has 1 unspecified atom stereocenters. The molecule has 0 aliphatic carbocycles. The average molecular weight is 285 g/mol. The fourth-order valence-corrected chi connectivity index (χ4v) is 3.87. The number of rotatable bonds is 4. The minimum absolute atomic E-state index is 0.271. The van der Waals surface area contributed by atoms with E-state index in [0.717, 1.165) is 43.6 Å². The van der Waals surface area contributed by atoms with Crippen LogP contribution in [-0.4, -0.2) is 36.4 Å². The molecule has 2 rings (SSSR count). The predicted octanol–water partition coefficient (Wildman–Crippen LogP) is 1.98. The highest BCUT2D eigenvalue weighted by Gasteiger charge is 2.32. The molecule has 1 aliphatic heterocycles. The first kappa shape index (κ1) is 14.5. The number of aromatic nitrogens is 2. The molecule has 1 atom stereocenters. The molecular weight excluding hydrogens is 262 g/mol. The fraction of sp³-hybridized carbons (Fsp3) is 0.769. The van der Waals surface area contributed by atoms with E-state index in [1.807, 2.05) is 6.92 Å². The molecule has 0 amide bonds. The molecule has 0 spiro atoms. The summed E-state index contributed by atoms with van der Waals surface area (Å²) in [5.41, 5.74) is 0.906. The maximum atomic E-state index is 12.4. The van der Waals surface area contributed by atoms with Gasteiger partial charge in [-0.1, -0.05) is 13.8 Å². The third-order valence-electron chi connectivity index (χ3n) is 3.87. The molecule has 1 aromatic rings. The Bertz CT molecular complexity index is 561. The molecule has 0 saturated heterocycles. The van der Waals surface area contributed by atoms with E-state index in [1.165, 1.54) is 4.31 Å². The first-order valence-corrected chi connectivity index (χ1v) is 8.39. The van der Waals surface area contributed by atoms with Gasteiger partial charge >= 0.3 is 0 Å². The Balaban J connectivity index is 2.63. The van der Waals surface area contributed by atoms with Crippen LogP contribution in [0.2, 0.25) is 0 Å². The number of fused-ring (bicyclic) bond motifs is 1. The summed E-state index contributed by atoms with van der Waals surface area (Å²) in [4.78, 5) is 4.43. The van der Waals surface area contributed by atoms with Crippen LogP contribution in [-0.2, 0) is 22.9 Å². The van der Waals surface area contributed by atoms with Gasteiger partial charge < -0.3 is 4.57 Å². The SMILES string of the molecule is CCc1nc(S(=O)(=O)N(C)C)c2n1C(CC)CCC2. The second kappa shape index (κ2) is 5.25. The lowest BCUT2D eigenvalue weighted by atomic mass is 10.0. The van der Waals surface area contributed by atoms with Crippen molar-refractivity contribution in [1.29, 1.82) is 0 Å². The summed E-state index contributed by atoms with van der Waals surface area (Å²) in [6.45, 7) is 4.18. The zero-order chi connectivity index (χ0) is 14.2. The van der Waals surface area contributed by atoms with Gasteiger partial charge in [0.2, 0.25) is 0 Å². The van der Waals surface area contributed by atoms with Gasteiger partial charge in [-0.25, -0.2) is 17.7 Å². The normalized spacial score (nSPS) is 19.7. The summed E-state index contributed by atoms with van der Waals surface area (Å²) in [7, 11) is -0.313. The van der Waals surface area contributed by atoms with Crippen LogP contribution in [0.4, 0.5) is 0 Å². The summed E-state index contributed by atoms with van der Waals surface area (Å²) in [5.74, 6) is 0.905. The summed E-state index contributed by atoms with van der Waals surface area (Å²) in [6.07, 6.45) is 4.77. The molecular formula is C13H23N3O2S. The zero-order valence-corrected chi connectivity index (χ0v) is 13.0. The van der Waals surface area contributed by atoms with E-state index < -0.39 is 10.0 Å². The zero-order valence-electron chi connectivity index (χ0n) is 12.2. The average Bonchev–Trinajstić information content (AvgIpc) is 2.77. The Morgan fingerprint density at radius 1 is 1.37 bits per heavy atom. The Morgan fingerprint density at radius 2 is 2.05 bits per heavy atom. The molecule has 0 N–H and O–H groups in total. The predicted molar refractivity (Wildman–Crippen MR) is 74.7 cm³/mol. The fourth-order valence-electron chi connectivity index (χ4n) is 2.80. The van der Waals surface area contributed by atoms with E-state index in [2.05, 4.69) is 16.5 Å². The third kappa shape index (κ3) is 2.31. The first-order chi connectivity index (χ1) is 8.93. The van der Waals surface area contributed by atoms with Crippen molar-refractivity contribution in [2.75, 3.05) is 14.1 Å². The highest BCUT2D eigenvalue weighted by molar-refractivity contribution is 7.89. The van der Waals surface area contributed by atoms with Gasteiger partial charge in [-0.05, 0) is 25.7 Å². The van der Waals surface area contributed by atoms with Gasteiger partial charge in [0.15, 0.2) is 5.03 Å². The van der Waals surface area contributed by atoms with Crippen molar-refractivity contribution in [2.24, 2.45) is 0 Å². The van der Waals surface area contributed by atoms with Gasteiger partial charge in [0, 0.05) is 26.6 Å². The molecule has 19 heavy (non-hydrogen) atoms. The Hall–Kier alpha value is -0.880. The monoisotopic (exact) mass is 285 g/mol. The minimum Gasteiger partial charge on any atom is -0.328 e. The van der Waals surface area contributed by atoms with Crippen LogP contribution in [0.5, 0.6) is 0 Å². The molecule has 0 fully saturated rings. The van der Waals surface area contributed by atoms with E-state index in [9.17, 15) is 8.42 Å². The topological polar surface area (TPSA) is 55.2 Å². The molecule has 0 radical (unpaired) electrons. The van der Waals surface area contributed by atoms with Crippen LogP contribution in [0.1, 0.15) is 50.7 Å². The largest absolute Gasteiger partial charge is 0.328 e. The smallest absolute Gasteiger partial charge is 0.261 e. The van der Waals surface area contributed by atoms with Gasteiger partial charge in [-0.15, -0.1) is 0 Å². The molecule has 5 nitrogen and oxygen atoms in total. The van der Waals surface area contributed by atoms with Crippen molar-refractivity contribution >= 4 is 10.0 Å². The van der Waals surface area contributed by atoms with E-state index >= 15 is 0 Å². The second-order valence-electron chi connectivity index (χ2n) is 5.25. The molecule has 2 heterocycles. The lowest BCUT2D eigenvalue weighted by molar-refractivity contribution is 0.378. The van der Waals surface area contributed by atoms with Crippen molar-refractivity contribution < 1.29 is 8.42 Å². The summed E-state index contributed by atoms with van der Waals surface area (Å²) >= 11 is 0. The molecule has 1 aliphatic rings. The number of hydrogen-bond acceptors (Lipinski definition) is 3. The van der Waals surface area contributed by atoms with Crippen molar-refractivity contribution in [3.63, 3.8) is 0 Å². The van der Waals surface area contributed by atoms with Crippen LogP contribution in [0.25, 0.3) is 0 Å². The van der Waals surface area contributed by atoms with Crippen LogP contribution in [0.15, 0.2) is 5.03 Å². The second-order valence-corrected chi connectivity index (χ2v) is 7.31. The maximum absolute atomic E-state index is 12.4. The van der Waals surface area contributed by atoms with Crippen molar-refractivity contribution in [3.8, 4) is 0 Å². The Morgan fingerprint density at radius 3 is 2.58 bits per heavy atom. The van der Waals surface area contributed by atoms with Gasteiger partial charge in [-0.3, -0.25) is 0 Å². The highest BCUT2D eigenvalue weighted by atomic mass is 32.2. The quantitative estimate of drug-likeness (QED) is 0.850. The minimum atomic E-state index is -3.44. The lowest BCUT2D eigenvalue weighted by Gasteiger charge is -2.26. The van der Waals surface area contributed by atoms with E-state index in [4.69, 9.17) is 0 Å². The van der Waals surface area contributed by atoms with Crippen molar-refractivity contribution in [2.45, 2.75) is 57.0 Å². The summed E-state index contributed by atoms with van der Waals surface area (Å²) in [5, 5.41) is 0.271. The lowest BCUT2D eigenvalue weighted by Crippen LogP contribution is -2.25. The highest BCUT2D eigenvalue weighted by Crippen LogP contribution is 2.33. The number of imidazole rings is 1. The van der Waals surface area contributed by atoms with E-state index in [1.54, 1.807) is 14.1 Å². The molecule has 108 valence electrons. The van der Waals surface area contributed by atoms with Crippen molar-refractivity contribution in [1.82, 2.24) is 13.9 Å². The summed E-state index contributed by atoms with van der Waals surface area (Å²) < 4.78 is 28.2. The first-order valence-electron chi connectivity index (χ1n) is 6.95. The van der Waals surface area contributed by atoms with Crippen LogP contribution < -0.4 is 0 Å². The van der Waals surface area contributed by atoms with Gasteiger partial charge in [-0.2, -0.15) is 0 Å².